The summed E-state index contributed by atoms with van der Waals surface area (Å²) in [7, 11) is 1.68. The van der Waals surface area contributed by atoms with Crippen LogP contribution in [0.2, 0.25) is 0 Å². The van der Waals surface area contributed by atoms with Crippen LogP contribution in [0.5, 0.6) is 5.75 Å². The second kappa shape index (κ2) is 4.35. The van der Waals surface area contributed by atoms with Crippen LogP contribution in [-0.2, 0) is 0 Å². The van der Waals surface area contributed by atoms with Gasteiger partial charge in [-0.15, -0.1) is 0 Å². The number of alkyl halides is 1. The molecule has 1 rings (SSSR count). The zero-order chi connectivity index (χ0) is 10.8. The normalized spacial score (nSPS) is 13.8. The zero-order valence-electron chi connectivity index (χ0n) is 9.17. The average Bonchev–Trinajstić information content (AvgIpc) is 2.15. The van der Waals surface area contributed by atoms with Crippen LogP contribution in [0, 0.1) is 5.41 Å². The van der Waals surface area contributed by atoms with Crippen molar-refractivity contribution in [2.24, 2.45) is 5.41 Å². The van der Waals surface area contributed by atoms with E-state index in [1.165, 1.54) is 5.56 Å². The van der Waals surface area contributed by atoms with E-state index in [9.17, 15) is 0 Å². The molecule has 0 aliphatic rings. The van der Waals surface area contributed by atoms with Gasteiger partial charge in [0.2, 0.25) is 0 Å². The lowest BCUT2D eigenvalue weighted by molar-refractivity contribution is 0.403. The Kier molecular flexibility index (Phi) is 3.59. The van der Waals surface area contributed by atoms with Crippen LogP contribution >= 0.6 is 15.9 Å². The fourth-order valence-corrected chi connectivity index (χ4v) is 1.58. The number of rotatable bonds is 2. The maximum atomic E-state index is 5.12. The van der Waals surface area contributed by atoms with E-state index < -0.39 is 0 Å². The molecule has 2 heteroatoms. The molecule has 0 fully saturated rings. The van der Waals surface area contributed by atoms with Crippen molar-refractivity contribution in [1.82, 2.24) is 0 Å². The van der Waals surface area contributed by atoms with Crippen molar-refractivity contribution >= 4 is 15.9 Å². The molecule has 1 aromatic carbocycles. The molecule has 14 heavy (non-hydrogen) atoms. The molecule has 1 atom stereocenters. The second-order valence-corrected chi connectivity index (χ2v) is 5.42. The molecule has 78 valence electrons. The minimum Gasteiger partial charge on any atom is -0.497 e. The molecule has 0 radical (unpaired) electrons. The van der Waals surface area contributed by atoms with Crippen molar-refractivity contribution in [3.05, 3.63) is 29.8 Å². The Hall–Kier alpha value is -0.500. The highest BCUT2D eigenvalue weighted by molar-refractivity contribution is 9.09. The van der Waals surface area contributed by atoms with Crippen LogP contribution in [0.3, 0.4) is 0 Å². The van der Waals surface area contributed by atoms with Crippen LogP contribution in [0.15, 0.2) is 24.3 Å². The van der Waals surface area contributed by atoms with E-state index in [0.717, 1.165) is 5.75 Å². The van der Waals surface area contributed by atoms with Crippen LogP contribution in [0.4, 0.5) is 0 Å². The maximum absolute atomic E-state index is 5.12. The third-order valence-corrected chi connectivity index (χ3v) is 4.07. The van der Waals surface area contributed by atoms with Crippen LogP contribution in [0.1, 0.15) is 31.2 Å². The fraction of sp³-hybridized carbons (Fsp3) is 0.500. The third kappa shape index (κ3) is 2.74. The summed E-state index contributed by atoms with van der Waals surface area (Å²) >= 11 is 3.71. The minimum absolute atomic E-state index is 0.231. The van der Waals surface area contributed by atoms with Gasteiger partial charge in [-0.05, 0) is 23.1 Å². The van der Waals surface area contributed by atoms with E-state index in [-0.39, 0.29) is 5.41 Å². The molecule has 0 saturated carbocycles. The molecule has 0 aromatic heterocycles. The van der Waals surface area contributed by atoms with Gasteiger partial charge in [0, 0.05) is 4.83 Å². The molecule has 0 bridgehead atoms. The van der Waals surface area contributed by atoms with Crippen molar-refractivity contribution in [2.45, 2.75) is 25.6 Å². The number of halogens is 1. The monoisotopic (exact) mass is 256 g/mol. The number of hydrogen-bond acceptors (Lipinski definition) is 1. The van der Waals surface area contributed by atoms with Gasteiger partial charge in [-0.25, -0.2) is 0 Å². The molecule has 0 aliphatic carbocycles. The molecule has 0 spiro atoms. The second-order valence-electron chi connectivity index (χ2n) is 4.50. The SMILES string of the molecule is COc1ccc(C(Br)C(C)(C)C)cc1. The Balaban J connectivity index is 2.87. The quantitative estimate of drug-likeness (QED) is 0.722. The van der Waals surface area contributed by atoms with E-state index in [1.807, 2.05) is 12.1 Å². The van der Waals surface area contributed by atoms with E-state index in [0.29, 0.717) is 4.83 Å². The number of hydrogen-bond donors (Lipinski definition) is 0. The summed E-state index contributed by atoms with van der Waals surface area (Å²) < 4.78 is 5.12. The predicted octanol–water partition coefficient (Wildman–Crippen LogP) is 4.18. The Morgan fingerprint density at radius 1 is 1.14 bits per heavy atom. The molecule has 0 aliphatic heterocycles. The lowest BCUT2D eigenvalue weighted by Crippen LogP contribution is -2.12. The van der Waals surface area contributed by atoms with Crippen molar-refractivity contribution in [2.75, 3.05) is 7.11 Å². The first-order valence-electron chi connectivity index (χ1n) is 4.73. The summed E-state index contributed by atoms with van der Waals surface area (Å²) in [5.74, 6) is 0.905. The highest BCUT2D eigenvalue weighted by Gasteiger charge is 2.23. The summed E-state index contributed by atoms with van der Waals surface area (Å²) in [5, 5.41) is 0. The van der Waals surface area contributed by atoms with Crippen molar-refractivity contribution < 1.29 is 4.74 Å². The molecule has 1 nitrogen and oxygen atoms in total. The summed E-state index contributed by atoms with van der Waals surface area (Å²) in [6.45, 7) is 6.66. The van der Waals surface area contributed by atoms with E-state index in [1.54, 1.807) is 7.11 Å². The average molecular weight is 257 g/mol. The van der Waals surface area contributed by atoms with Gasteiger partial charge in [-0.2, -0.15) is 0 Å². The van der Waals surface area contributed by atoms with Gasteiger partial charge < -0.3 is 4.74 Å². The van der Waals surface area contributed by atoms with E-state index >= 15 is 0 Å². The minimum atomic E-state index is 0.231. The van der Waals surface area contributed by atoms with E-state index in [2.05, 4.69) is 48.8 Å². The van der Waals surface area contributed by atoms with Gasteiger partial charge in [0.15, 0.2) is 0 Å². The maximum Gasteiger partial charge on any atom is 0.118 e. The first-order valence-corrected chi connectivity index (χ1v) is 5.64. The lowest BCUT2D eigenvalue weighted by Gasteiger charge is -2.25. The standard InChI is InChI=1S/C12H17BrO/c1-12(2,3)11(13)9-5-7-10(14-4)8-6-9/h5-8,11H,1-4H3. The van der Waals surface area contributed by atoms with Crippen molar-refractivity contribution in [3.8, 4) is 5.75 Å². The zero-order valence-corrected chi connectivity index (χ0v) is 10.8. The first kappa shape index (κ1) is 11.6. The Morgan fingerprint density at radius 3 is 2.00 bits per heavy atom. The lowest BCUT2D eigenvalue weighted by atomic mass is 9.88. The number of methoxy groups -OCH3 is 1. The van der Waals surface area contributed by atoms with Crippen molar-refractivity contribution in [1.29, 1.82) is 0 Å². The van der Waals surface area contributed by atoms with Gasteiger partial charge in [0.05, 0.1) is 7.11 Å². The topological polar surface area (TPSA) is 9.23 Å². The molecule has 0 saturated heterocycles. The summed E-state index contributed by atoms with van der Waals surface area (Å²) in [5.41, 5.74) is 1.52. The van der Waals surface area contributed by atoms with Gasteiger partial charge >= 0.3 is 0 Å². The Bertz CT molecular complexity index is 284. The number of benzene rings is 1. The molecule has 0 amide bonds. The van der Waals surface area contributed by atoms with Gasteiger partial charge in [0.1, 0.15) is 5.75 Å². The van der Waals surface area contributed by atoms with E-state index in [4.69, 9.17) is 4.74 Å². The summed E-state index contributed by atoms with van der Waals surface area (Å²) in [4.78, 5) is 0.376. The highest BCUT2D eigenvalue weighted by atomic mass is 79.9. The summed E-state index contributed by atoms with van der Waals surface area (Å²) in [6, 6.07) is 8.19. The molecule has 1 unspecified atom stereocenters. The largest absolute Gasteiger partial charge is 0.497 e. The van der Waals surface area contributed by atoms with Crippen LogP contribution in [0.25, 0.3) is 0 Å². The van der Waals surface area contributed by atoms with Gasteiger partial charge in [0.25, 0.3) is 0 Å². The van der Waals surface area contributed by atoms with Gasteiger partial charge in [-0.3, -0.25) is 0 Å². The third-order valence-electron chi connectivity index (χ3n) is 2.17. The molecule has 0 heterocycles. The summed E-state index contributed by atoms with van der Waals surface area (Å²) in [6.07, 6.45) is 0. The van der Waals surface area contributed by atoms with Crippen LogP contribution in [-0.4, -0.2) is 7.11 Å². The molecular formula is C12H17BrO. The molecule has 0 N–H and O–H groups in total. The van der Waals surface area contributed by atoms with Gasteiger partial charge in [-0.1, -0.05) is 48.8 Å². The first-order chi connectivity index (χ1) is 6.45. The molecule has 1 aromatic rings. The Labute approximate surface area is 94.6 Å². The fourth-order valence-electron chi connectivity index (χ4n) is 1.27. The highest BCUT2D eigenvalue weighted by Crippen LogP contribution is 2.40. The predicted molar refractivity (Wildman–Crippen MR) is 64.1 cm³/mol. The Morgan fingerprint density at radius 2 is 1.64 bits per heavy atom. The molecular weight excluding hydrogens is 240 g/mol. The van der Waals surface area contributed by atoms with Crippen LogP contribution < -0.4 is 4.74 Å². The van der Waals surface area contributed by atoms with Crippen molar-refractivity contribution in [3.63, 3.8) is 0 Å². The smallest absolute Gasteiger partial charge is 0.118 e. The number of ether oxygens (including phenoxy) is 1.